The van der Waals surface area contributed by atoms with Crippen LogP contribution < -0.4 is 0 Å². The number of ether oxygens (including phenoxy) is 2. The summed E-state index contributed by atoms with van der Waals surface area (Å²) in [6.07, 6.45) is 6.91. The Morgan fingerprint density at radius 3 is 2.60 bits per heavy atom. The van der Waals surface area contributed by atoms with E-state index in [1.807, 2.05) is 0 Å². The third kappa shape index (κ3) is 3.34. The fraction of sp³-hybridized carbons (Fsp3) is 0.938. The molecule has 114 valence electrons. The SMILES string of the molecule is O=C(C1CCCOCC1)N1CCOCC(C2CCC2)C1. The minimum absolute atomic E-state index is 0.178. The Hall–Kier alpha value is -0.610. The lowest BCUT2D eigenvalue weighted by Crippen LogP contribution is -2.42. The topological polar surface area (TPSA) is 38.8 Å². The molecule has 2 aliphatic heterocycles. The molecule has 0 radical (unpaired) electrons. The first kappa shape index (κ1) is 14.3. The second kappa shape index (κ2) is 6.90. The van der Waals surface area contributed by atoms with Crippen molar-refractivity contribution in [1.29, 1.82) is 0 Å². The third-order valence-corrected chi connectivity index (χ3v) is 5.22. The van der Waals surface area contributed by atoms with Gasteiger partial charge in [-0.05, 0) is 25.2 Å². The molecule has 3 rings (SSSR count). The molecule has 0 bridgehead atoms. The summed E-state index contributed by atoms with van der Waals surface area (Å²) in [5.41, 5.74) is 0. The molecule has 2 heterocycles. The van der Waals surface area contributed by atoms with Gasteiger partial charge in [0.2, 0.25) is 5.91 Å². The van der Waals surface area contributed by atoms with Crippen LogP contribution >= 0.6 is 0 Å². The van der Waals surface area contributed by atoms with Gasteiger partial charge >= 0.3 is 0 Å². The van der Waals surface area contributed by atoms with Gasteiger partial charge < -0.3 is 14.4 Å². The molecule has 4 nitrogen and oxygen atoms in total. The van der Waals surface area contributed by atoms with Gasteiger partial charge in [-0.25, -0.2) is 0 Å². The van der Waals surface area contributed by atoms with Gasteiger partial charge in [-0.2, -0.15) is 0 Å². The van der Waals surface area contributed by atoms with Crippen LogP contribution in [0.1, 0.15) is 38.5 Å². The number of hydrogen-bond donors (Lipinski definition) is 0. The van der Waals surface area contributed by atoms with Crippen LogP contribution in [0.25, 0.3) is 0 Å². The quantitative estimate of drug-likeness (QED) is 0.778. The highest BCUT2D eigenvalue weighted by Crippen LogP contribution is 2.35. The van der Waals surface area contributed by atoms with Crippen LogP contribution in [0.2, 0.25) is 0 Å². The van der Waals surface area contributed by atoms with E-state index in [1.54, 1.807) is 0 Å². The van der Waals surface area contributed by atoms with E-state index < -0.39 is 0 Å². The van der Waals surface area contributed by atoms with E-state index in [0.29, 0.717) is 18.4 Å². The number of carbonyl (C=O) groups excluding carboxylic acids is 1. The number of hydrogen-bond acceptors (Lipinski definition) is 3. The fourth-order valence-electron chi connectivity index (χ4n) is 3.64. The summed E-state index contributed by atoms with van der Waals surface area (Å²) in [5, 5.41) is 0. The molecule has 0 aromatic rings. The summed E-state index contributed by atoms with van der Waals surface area (Å²) in [7, 11) is 0. The van der Waals surface area contributed by atoms with Gasteiger partial charge in [0.05, 0.1) is 13.2 Å². The predicted molar refractivity (Wildman–Crippen MR) is 76.4 cm³/mol. The molecule has 1 amide bonds. The molecule has 2 atom stereocenters. The van der Waals surface area contributed by atoms with Gasteiger partial charge in [0.15, 0.2) is 0 Å². The van der Waals surface area contributed by atoms with Gasteiger partial charge in [0.1, 0.15) is 0 Å². The number of nitrogens with zero attached hydrogens (tertiary/aromatic N) is 1. The molecule has 0 spiro atoms. The third-order valence-electron chi connectivity index (χ3n) is 5.22. The standard InChI is InChI=1S/C16H27NO3/c18-16(14-5-2-8-19-9-6-14)17-7-10-20-12-15(11-17)13-3-1-4-13/h13-15H,1-12H2. The molecule has 1 aliphatic carbocycles. The van der Waals surface area contributed by atoms with Gasteiger partial charge in [-0.1, -0.05) is 19.3 Å². The molecule has 3 fully saturated rings. The average Bonchev–Trinajstić information content (AvgIpc) is 2.78. The van der Waals surface area contributed by atoms with Crippen molar-refractivity contribution >= 4 is 5.91 Å². The second-order valence-electron chi connectivity index (χ2n) is 6.55. The first-order valence-corrected chi connectivity index (χ1v) is 8.29. The van der Waals surface area contributed by atoms with Crippen molar-refractivity contribution in [2.75, 3.05) is 39.5 Å². The lowest BCUT2D eigenvalue weighted by Gasteiger charge is -2.35. The van der Waals surface area contributed by atoms with E-state index in [-0.39, 0.29) is 5.92 Å². The zero-order valence-corrected chi connectivity index (χ0v) is 12.4. The smallest absolute Gasteiger partial charge is 0.225 e. The molecule has 0 aromatic carbocycles. The van der Waals surface area contributed by atoms with Crippen LogP contribution in [0.3, 0.4) is 0 Å². The lowest BCUT2D eigenvalue weighted by atomic mass is 9.76. The summed E-state index contributed by atoms with van der Waals surface area (Å²) in [6, 6.07) is 0. The van der Waals surface area contributed by atoms with Crippen LogP contribution in [0.4, 0.5) is 0 Å². The highest BCUT2D eigenvalue weighted by Gasteiger charge is 2.33. The molecule has 0 aromatic heterocycles. The maximum absolute atomic E-state index is 12.7. The molecule has 3 aliphatic rings. The van der Waals surface area contributed by atoms with Crippen LogP contribution in [0.15, 0.2) is 0 Å². The van der Waals surface area contributed by atoms with Gasteiger partial charge in [0, 0.05) is 38.1 Å². The minimum atomic E-state index is 0.178. The molecule has 20 heavy (non-hydrogen) atoms. The minimum Gasteiger partial charge on any atom is -0.381 e. The fourth-order valence-corrected chi connectivity index (χ4v) is 3.64. The van der Waals surface area contributed by atoms with E-state index in [9.17, 15) is 4.79 Å². The highest BCUT2D eigenvalue weighted by atomic mass is 16.5. The van der Waals surface area contributed by atoms with Crippen molar-refractivity contribution in [3.05, 3.63) is 0 Å². The Balaban J connectivity index is 1.59. The van der Waals surface area contributed by atoms with Gasteiger partial charge in [-0.3, -0.25) is 4.79 Å². The van der Waals surface area contributed by atoms with Crippen molar-refractivity contribution in [1.82, 2.24) is 4.90 Å². The molecule has 1 saturated carbocycles. The highest BCUT2D eigenvalue weighted by molar-refractivity contribution is 5.79. The van der Waals surface area contributed by atoms with Crippen LogP contribution in [0, 0.1) is 17.8 Å². The predicted octanol–water partition coefficient (Wildman–Crippen LogP) is 2.08. The largest absolute Gasteiger partial charge is 0.381 e. The zero-order chi connectivity index (χ0) is 13.8. The maximum Gasteiger partial charge on any atom is 0.225 e. The molecular formula is C16H27NO3. The molecule has 2 unspecified atom stereocenters. The summed E-state index contributed by atoms with van der Waals surface area (Å²) < 4.78 is 11.2. The Bertz CT molecular complexity index is 322. The normalized spacial score (nSPS) is 33.1. The van der Waals surface area contributed by atoms with Crippen molar-refractivity contribution in [3.63, 3.8) is 0 Å². The van der Waals surface area contributed by atoms with Crippen LogP contribution in [-0.2, 0) is 14.3 Å². The van der Waals surface area contributed by atoms with Crippen molar-refractivity contribution in [2.45, 2.75) is 38.5 Å². The Labute approximate surface area is 121 Å². The Morgan fingerprint density at radius 1 is 0.900 bits per heavy atom. The first-order chi connectivity index (χ1) is 9.84. The summed E-state index contributed by atoms with van der Waals surface area (Å²) in [6.45, 7) is 4.81. The number of rotatable bonds is 2. The zero-order valence-electron chi connectivity index (χ0n) is 12.4. The van der Waals surface area contributed by atoms with Gasteiger partial charge in [0.25, 0.3) is 0 Å². The van der Waals surface area contributed by atoms with E-state index in [4.69, 9.17) is 9.47 Å². The molecule has 2 saturated heterocycles. The van der Waals surface area contributed by atoms with Crippen LogP contribution in [0.5, 0.6) is 0 Å². The monoisotopic (exact) mass is 281 g/mol. The lowest BCUT2D eigenvalue weighted by molar-refractivity contribution is -0.136. The van der Waals surface area contributed by atoms with Crippen molar-refractivity contribution in [2.24, 2.45) is 17.8 Å². The van der Waals surface area contributed by atoms with E-state index in [2.05, 4.69) is 4.90 Å². The molecule has 4 heteroatoms. The summed E-state index contributed by atoms with van der Waals surface area (Å²) >= 11 is 0. The van der Waals surface area contributed by atoms with Crippen molar-refractivity contribution < 1.29 is 14.3 Å². The molecular weight excluding hydrogens is 254 g/mol. The number of carbonyl (C=O) groups is 1. The maximum atomic E-state index is 12.7. The Kier molecular flexibility index (Phi) is 4.94. The molecule has 0 N–H and O–H groups in total. The first-order valence-electron chi connectivity index (χ1n) is 8.29. The van der Waals surface area contributed by atoms with E-state index in [0.717, 1.165) is 58.1 Å². The van der Waals surface area contributed by atoms with Crippen LogP contribution in [-0.4, -0.2) is 50.3 Å². The summed E-state index contributed by atoms with van der Waals surface area (Å²) in [4.78, 5) is 14.8. The van der Waals surface area contributed by atoms with Crippen molar-refractivity contribution in [3.8, 4) is 0 Å². The van der Waals surface area contributed by atoms with Gasteiger partial charge in [-0.15, -0.1) is 0 Å². The summed E-state index contributed by atoms with van der Waals surface area (Å²) in [5.74, 6) is 1.89. The van der Waals surface area contributed by atoms with E-state index in [1.165, 1.54) is 19.3 Å². The Morgan fingerprint density at radius 2 is 1.80 bits per heavy atom. The average molecular weight is 281 g/mol. The van der Waals surface area contributed by atoms with E-state index >= 15 is 0 Å². The second-order valence-corrected chi connectivity index (χ2v) is 6.55. The number of amides is 1.